The average Bonchev–Trinajstić information content (AvgIpc) is 3.29. The zero-order valence-electron chi connectivity index (χ0n) is 16.4. The number of benzene rings is 1. The van der Waals surface area contributed by atoms with Gasteiger partial charge in [-0.25, -0.2) is 4.98 Å². The van der Waals surface area contributed by atoms with Crippen LogP contribution < -0.4 is 20.9 Å². The third-order valence-electron chi connectivity index (χ3n) is 5.22. The molecule has 3 aromatic rings. The lowest BCUT2D eigenvalue weighted by molar-refractivity contribution is -0.129. The Morgan fingerprint density at radius 3 is 2.94 bits per heavy atom. The third-order valence-corrected chi connectivity index (χ3v) is 6.33. The van der Waals surface area contributed by atoms with Gasteiger partial charge in [0.25, 0.3) is 17.4 Å². The third kappa shape index (κ3) is 3.42. The molecule has 10 nitrogen and oxygen atoms in total. The predicted molar refractivity (Wildman–Crippen MR) is 112 cm³/mol. The van der Waals surface area contributed by atoms with Gasteiger partial charge in [-0.1, -0.05) is 6.07 Å². The Labute approximate surface area is 179 Å². The van der Waals surface area contributed by atoms with Crippen LogP contribution in [0.15, 0.2) is 23.0 Å². The monoisotopic (exact) mass is 439 g/mol. The first-order valence-electron chi connectivity index (χ1n) is 9.53. The van der Waals surface area contributed by atoms with Crippen LogP contribution in [0.3, 0.4) is 0 Å². The van der Waals surface area contributed by atoms with Crippen molar-refractivity contribution in [3.05, 3.63) is 50.4 Å². The molecular weight excluding hydrogens is 422 g/mol. The number of nitrogens with zero attached hydrogens (tertiary/aromatic N) is 2. The van der Waals surface area contributed by atoms with Crippen LogP contribution in [0, 0.1) is 0 Å². The zero-order valence-corrected chi connectivity index (χ0v) is 17.2. The first-order chi connectivity index (χ1) is 14.9. The van der Waals surface area contributed by atoms with Gasteiger partial charge in [-0.2, -0.15) is 0 Å². The lowest BCUT2D eigenvalue weighted by atomic mass is 10.1. The van der Waals surface area contributed by atoms with Crippen molar-refractivity contribution in [2.75, 3.05) is 11.9 Å². The van der Waals surface area contributed by atoms with E-state index in [1.54, 1.807) is 23.1 Å². The van der Waals surface area contributed by atoms with Gasteiger partial charge in [0, 0.05) is 30.5 Å². The first-order valence-corrected chi connectivity index (χ1v) is 10.3. The highest BCUT2D eigenvalue weighted by Crippen LogP contribution is 2.35. The van der Waals surface area contributed by atoms with Crippen LogP contribution >= 0.6 is 11.3 Å². The summed E-state index contributed by atoms with van der Waals surface area (Å²) in [5.41, 5.74) is 1.70. The van der Waals surface area contributed by atoms with Gasteiger partial charge in [-0.15, -0.1) is 11.3 Å². The van der Waals surface area contributed by atoms with Crippen molar-refractivity contribution in [3.8, 4) is 5.75 Å². The van der Waals surface area contributed by atoms with Crippen molar-refractivity contribution < 1.29 is 19.1 Å². The molecule has 2 aliphatic rings. The van der Waals surface area contributed by atoms with Gasteiger partial charge >= 0.3 is 0 Å². The van der Waals surface area contributed by atoms with Crippen molar-refractivity contribution in [1.82, 2.24) is 20.2 Å². The van der Waals surface area contributed by atoms with E-state index in [4.69, 9.17) is 4.74 Å². The fourth-order valence-corrected chi connectivity index (χ4v) is 4.86. The van der Waals surface area contributed by atoms with Gasteiger partial charge in [-0.3, -0.25) is 19.2 Å². The number of anilines is 1. The molecule has 3 amide bonds. The molecule has 158 valence electrons. The molecule has 2 aliphatic heterocycles. The van der Waals surface area contributed by atoms with E-state index in [-0.39, 0.29) is 30.8 Å². The molecule has 11 heteroatoms. The number of nitrogens with one attached hydrogen (secondary N) is 3. The molecule has 4 heterocycles. The van der Waals surface area contributed by atoms with E-state index in [0.717, 1.165) is 16.0 Å². The Hall–Kier alpha value is -3.73. The number of fused-ring (bicyclic) bond motifs is 4. The van der Waals surface area contributed by atoms with E-state index >= 15 is 0 Å². The second-order valence-electron chi connectivity index (χ2n) is 7.32. The molecule has 2 aromatic heterocycles. The molecular formula is C20H17N5O5S. The van der Waals surface area contributed by atoms with Crippen molar-refractivity contribution >= 4 is 45.0 Å². The molecule has 31 heavy (non-hydrogen) atoms. The second-order valence-corrected chi connectivity index (χ2v) is 8.41. The first kappa shape index (κ1) is 19.2. The van der Waals surface area contributed by atoms with Crippen molar-refractivity contribution in [2.45, 2.75) is 26.6 Å². The van der Waals surface area contributed by atoms with Crippen LogP contribution in [-0.2, 0) is 29.2 Å². The van der Waals surface area contributed by atoms with E-state index in [9.17, 15) is 19.2 Å². The van der Waals surface area contributed by atoms with Gasteiger partial charge in [0.1, 0.15) is 10.6 Å². The number of aromatic nitrogens is 2. The van der Waals surface area contributed by atoms with Gasteiger partial charge in [-0.05, 0) is 17.7 Å². The van der Waals surface area contributed by atoms with Crippen LogP contribution in [0.1, 0.15) is 33.5 Å². The molecule has 0 bridgehead atoms. The summed E-state index contributed by atoms with van der Waals surface area (Å²) >= 11 is 1.32. The Balaban J connectivity index is 1.34. The Morgan fingerprint density at radius 2 is 2.13 bits per heavy atom. The number of carbonyl (C=O) groups is 3. The van der Waals surface area contributed by atoms with E-state index in [1.807, 2.05) is 0 Å². The summed E-state index contributed by atoms with van der Waals surface area (Å²) < 4.78 is 5.32. The summed E-state index contributed by atoms with van der Waals surface area (Å²) in [6.45, 7) is 2.47. The number of rotatable bonds is 3. The summed E-state index contributed by atoms with van der Waals surface area (Å²) in [7, 11) is 0. The molecule has 0 spiro atoms. The van der Waals surface area contributed by atoms with Crippen LogP contribution in [0.2, 0.25) is 0 Å². The average molecular weight is 439 g/mol. The maximum absolute atomic E-state index is 12.6. The SMILES string of the molecule is CC(=O)N1Cc2sc3nc(C(=O)NCc4ccc5c(c4)NC(=O)CO5)[nH]c(=O)c3c2C1. The molecule has 3 N–H and O–H groups in total. The van der Waals surface area contributed by atoms with Crippen molar-refractivity contribution in [2.24, 2.45) is 0 Å². The van der Waals surface area contributed by atoms with Crippen LogP contribution in [0.5, 0.6) is 5.75 Å². The van der Waals surface area contributed by atoms with E-state index in [0.29, 0.717) is 34.7 Å². The fourth-order valence-electron chi connectivity index (χ4n) is 3.66. The topological polar surface area (TPSA) is 133 Å². The van der Waals surface area contributed by atoms with Crippen molar-refractivity contribution in [3.63, 3.8) is 0 Å². The Morgan fingerprint density at radius 1 is 1.29 bits per heavy atom. The van der Waals surface area contributed by atoms with Crippen LogP contribution in [0.4, 0.5) is 5.69 Å². The summed E-state index contributed by atoms with van der Waals surface area (Å²) in [5, 5.41) is 5.88. The minimum atomic E-state index is -0.518. The van der Waals surface area contributed by atoms with Crippen molar-refractivity contribution in [1.29, 1.82) is 0 Å². The minimum Gasteiger partial charge on any atom is -0.482 e. The summed E-state index contributed by atoms with van der Waals surface area (Å²) in [4.78, 5) is 58.2. The zero-order chi connectivity index (χ0) is 21.7. The molecule has 0 saturated heterocycles. The van der Waals surface area contributed by atoms with Gasteiger partial charge in [0.2, 0.25) is 11.7 Å². The number of hydrogen-bond acceptors (Lipinski definition) is 7. The quantitative estimate of drug-likeness (QED) is 0.560. The predicted octanol–water partition coefficient (Wildman–Crippen LogP) is 1.11. The minimum absolute atomic E-state index is 0.0243. The molecule has 5 rings (SSSR count). The number of carbonyl (C=O) groups excluding carboxylic acids is 3. The Bertz CT molecular complexity index is 1330. The van der Waals surface area contributed by atoms with E-state index in [2.05, 4.69) is 20.6 Å². The maximum Gasteiger partial charge on any atom is 0.287 e. The normalized spacial score (nSPS) is 14.6. The molecule has 0 unspecified atom stereocenters. The standard InChI is InChI=1S/C20H17N5O5S/c1-9(26)25-6-11-14(7-25)31-20-16(11)18(28)23-17(24-20)19(29)21-5-10-2-3-13-12(4-10)22-15(27)8-30-13/h2-4H,5-8H2,1H3,(H,21,29)(H,22,27)(H,23,24,28). The highest BCUT2D eigenvalue weighted by Gasteiger charge is 2.28. The molecule has 0 saturated carbocycles. The number of thiophene rings is 1. The van der Waals surface area contributed by atoms with E-state index in [1.165, 1.54) is 18.3 Å². The number of ether oxygens (including phenoxy) is 1. The van der Waals surface area contributed by atoms with Gasteiger partial charge in [0.05, 0.1) is 17.6 Å². The van der Waals surface area contributed by atoms with Crippen LogP contribution in [-0.4, -0.2) is 39.2 Å². The summed E-state index contributed by atoms with van der Waals surface area (Å²) in [6, 6.07) is 5.22. The smallest absolute Gasteiger partial charge is 0.287 e. The number of aromatic amines is 1. The highest BCUT2D eigenvalue weighted by molar-refractivity contribution is 7.18. The lowest BCUT2D eigenvalue weighted by Crippen LogP contribution is -2.28. The Kier molecular flexibility index (Phi) is 4.47. The van der Waals surface area contributed by atoms with Gasteiger partial charge in [0.15, 0.2) is 6.61 Å². The second kappa shape index (κ2) is 7.20. The largest absolute Gasteiger partial charge is 0.482 e. The molecule has 0 aliphatic carbocycles. The fraction of sp³-hybridized carbons (Fsp3) is 0.250. The number of hydrogen-bond donors (Lipinski definition) is 3. The number of amides is 3. The number of H-pyrrole nitrogens is 1. The van der Waals surface area contributed by atoms with Gasteiger partial charge < -0.3 is 25.3 Å². The van der Waals surface area contributed by atoms with E-state index < -0.39 is 11.5 Å². The molecule has 1 aromatic carbocycles. The summed E-state index contributed by atoms with van der Waals surface area (Å²) in [5.74, 6) is -0.310. The highest BCUT2D eigenvalue weighted by atomic mass is 32.1. The molecule has 0 radical (unpaired) electrons. The van der Waals surface area contributed by atoms with Crippen LogP contribution in [0.25, 0.3) is 10.2 Å². The lowest BCUT2D eigenvalue weighted by Gasteiger charge is -2.18. The molecule has 0 fully saturated rings. The summed E-state index contributed by atoms with van der Waals surface area (Å²) in [6.07, 6.45) is 0. The maximum atomic E-state index is 12.6. The molecule has 0 atom stereocenters.